The van der Waals surface area contributed by atoms with Gasteiger partial charge < -0.3 is 15.6 Å². The molecule has 0 saturated carbocycles. The van der Waals surface area contributed by atoms with Crippen molar-refractivity contribution in [1.29, 1.82) is 0 Å². The number of nitrogens with zero attached hydrogens (tertiary/aromatic N) is 3. The Labute approximate surface area is 223 Å². The van der Waals surface area contributed by atoms with Crippen molar-refractivity contribution in [2.75, 3.05) is 5.32 Å². The highest BCUT2D eigenvalue weighted by atomic mass is 16.2. The lowest BCUT2D eigenvalue weighted by molar-refractivity contribution is -0.118. The molecule has 192 valence electrons. The van der Waals surface area contributed by atoms with Gasteiger partial charge in [-0.3, -0.25) is 9.59 Å². The second-order valence-corrected chi connectivity index (χ2v) is 9.35. The number of carbonyl (C=O) groups excluding carboxylic acids is 2. The Kier molecular flexibility index (Phi) is 6.53. The Morgan fingerprint density at radius 3 is 2.59 bits per heavy atom. The van der Waals surface area contributed by atoms with E-state index in [0.717, 1.165) is 32.8 Å². The summed E-state index contributed by atoms with van der Waals surface area (Å²) < 4.78 is 0. The van der Waals surface area contributed by atoms with Crippen LogP contribution in [0.1, 0.15) is 27.3 Å². The third-order valence-corrected chi connectivity index (χ3v) is 6.68. The molecule has 0 aliphatic carbocycles. The maximum absolute atomic E-state index is 13.6. The quantitative estimate of drug-likeness (QED) is 0.239. The number of nitrogens with one attached hydrogen (secondary N) is 4. The van der Waals surface area contributed by atoms with Crippen molar-refractivity contribution in [2.45, 2.75) is 18.9 Å². The fraction of sp³-hybridized carbons (Fsp3) is 0.100. The number of para-hydroxylation sites is 1. The van der Waals surface area contributed by atoms with Gasteiger partial charge in [-0.2, -0.15) is 5.21 Å². The van der Waals surface area contributed by atoms with Crippen LogP contribution in [0.4, 0.5) is 5.69 Å². The molecule has 4 aromatic carbocycles. The summed E-state index contributed by atoms with van der Waals surface area (Å²) in [5.41, 5.74) is 3.94. The predicted octanol–water partition coefficient (Wildman–Crippen LogP) is 4.40. The average Bonchev–Trinajstić information content (AvgIpc) is 3.62. The Morgan fingerprint density at radius 1 is 0.872 bits per heavy atom. The summed E-state index contributed by atoms with van der Waals surface area (Å²) in [7, 11) is 0. The van der Waals surface area contributed by atoms with Crippen LogP contribution >= 0.6 is 0 Å². The zero-order chi connectivity index (χ0) is 26.6. The van der Waals surface area contributed by atoms with Crippen LogP contribution in [-0.4, -0.2) is 43.5 Å². The Bertz CT molecular complexity index is 1780. The largest absolute Gasteiger partial charge is 0.361 e. The maximum atomic E-state index is 13.6. The molecule has 0 radical (unpaired) electrons. The second-order valence-electron chi connectivity index (χ2n) is 9.35. The normalized spacial score (nSPS) is 11.9. The fourth-order valence-electron chi connectivity index (χ4n) is 4.73. The number of amides is 2. The number of aromatic nitrogens is 5. The number of aromatic amines is 2. The van der Waals surface area contributed by atoms with Crippen LogP contribution in [0.3, 0.4) is 0 Å². The van der Waals surface area contributed by atoms with Gasteiger partial charge in [0.1, 0.15) is 6.04 Å². The van der Waals surface area contributed by atoms with Crippen molar-refractivity contribution < 1.29 is 9.59 Å². The Hall–Kier alpha value is -5.31. The molecule has 39 heavy (non-hydrogen) atoms. The predicted molar refractivity (Wildman–Crippen MR) is 149 cm³/mol. The van der Waals surface area contributed by atoms with Gasteiger partial charge in [0.05, 0.1) is 0 Å². The SMILES string of the molecule is O=C(NC(Cc1c[nH]c2ccccc12)C(=O)Nc1cccc(Cc2nn[nH]n2)c1)c1ccc2ccccc2c1. The lowest BCUT2D eigenvalue weighted by Gasteiger charge is -2.19. The van der Waals surface area contributed by atoms with E-state index in [1.165, 1.54) is 0 Å². The summed E-state index contributed by atoms with van der Waals surface area (Å²) in [4.78, 5) is 30.2. The molecule has 6 rings (SSSR count). The van der Waals surface area contributed by atoms with Crippen LogP contribution in [0, 0.1) is 0 Å². The van der Waals surface area contributed by atoms with Crippen LogP contribution in [0.2, 0.25) is 0 Å². The molecule has 0 fully saturated rings. The number of rotatable bonds is 8. The average molecular weight is 516 g/mol. The van der Waals surface area contributed by atoms with Crippen molar-refractivity contribution in [3.63, 3.8) is 0 Å². The summed E-state index contributed by atoms with van der Waals surface area (Å²) in [6.45, 7) is 0. The first-order chi connectivity index (χ1) is 19.1. The number of anilines is 1. The Morgan fingerprint density at radius 2 is 1.72 bits per heavy atom. The lowest BCUT2D eigenvalue weighted by Crippen LogP contribution is -2.45. The maximum Gasteiger partial charge on any atom is 0.251 e. The van der Waals surface area contributed by atoms with Gasteiger partial charge in [0.25, 0.3) is 5.91 Å². The molecular weight excluding hydrogens is 490 g/mol. The van der Waals surface area contributed by atoms with E-state index < -0.39 is 6.04 Å². The van der Waals surface area contributed by atoms with Crippen molar-refractivity contribution in [1.82, 2.24) is 30.9 Å². The second kappa shape index (κ2) is 10.6. The van der Waals surface area contributed by atoms with Gasteiger partial charge >= 0.3 is 0 Å². The highest BCUT2D eigenvalue weighted by Crippen LogP contribution is 2.21. The number of H-pyrrole nitrogens is 2. The molecule has 0 spiro atoms. The molecule has 0 bridgehead atoms. The lowest BCUT2D eigenvalue weighted by atomic mass is 10.0. The monoisotopic (exact) mass is 515 g/mol. The van der Waals surface area contributed by atoms with Gasteiger partial charge in [-0.05, 0) is 52.2 Å². The number of carbonyl (C=O) groups is 2. The summed E-state index contributed by atoms with van der Waals surface area (Å²) in [5.74, 6) is -0.0731. The van der Waals surface area contributed by atoms with Crippen LogP contribution in [-0.2, 0) is 17.6 Å². The number of benzene rings is 4. The minimum Gasteiger partial charge on any atom is -0.361 e. The van der Waals surface area contributed by atoms with Gasteiger partial charge in [0.15, 0.2) is 5.82 Å². The van der Waals surface area contributed by atoms with Crippen molar-refractivity contribution in [3.8, 4) is 0 Å². The molecule has 4 N–H and O–H groups in total. The molecule has 9 nitrogen and oxygen atoms in total. The number of fused-ring (bicyclic) bond motifs is 2. The van der Waals surface area contributed by atoms with Gasteiger partial charge in [0.2, 0.25) is 5.91 Å². The van der Waals surface area contributed by atoms with Gasteiger partial charge in [-0.25, -0.2) is 0 Å². The van der Waals surface area contributed by atoms with Crippen molar-refractivity contribution >= 4 is 39.2 Å². The molecule has 0 saturated heterocycles. The number of tetrazole rings is 1. The van der Waals surface area contributed by atoms with E-state index in [4.69, 9.17) is 0 Å². The fourth-order valence-corrected chi connectivity index (χ4v) is 4.73. The summed E-state index contributed by atoms with van der Waals surface area (Å²) in [6, 6.07) is 27.9. The molecule has 1 unspecified atom stereocenters. The van der Waals surface area contributed by atoms with E-state index in [1.54, 1.807) is 6.07 Å². The molecule has 0 aliphatic rings. The third kappa shape index (κ3) is 5.37. The van der Waals surface area contributed by atoms with E-state index in [-0.39, 0.29) is 11.8 Å². The highest BCUT2D eigenvalue weighted by Gasteiger charge is 2.24. The molecule has 2 aromatic heterocycles. The summed E-state index contributed by atoms with van der Waals surface area (Å²) >= 11 is 0. The summed E-state index contributed by atoms with van der Waals surface area (Å²) in [6.07, 6.45) is 2.67. The van der Waals surface area contributed by atoms with Gasteiger partial charge in [-0.1, -0.05) is 65.9 Å². The van der Waals surface area contributed by atoms with Crippen LogP contribution < -0.4 is 10.6 Å². The molecule has 9 heteroatoms. The zero-order valence-electron chi connectivity index (χ0n) is 20.9. The summed E-state index contributed by atoms with van der Waals surface area (Å²) in [5, 5.41) is 23.0. The van der Waals surface area contributed by atoms with Crippen LogP contribution in [0.25, 0.3) is 21.7 Å². The van der Waals surface area contributed by atoms with Crippen molar-refractivity contribution in [2.24, 2.45) is 0 Å². The topological polar surface area (TPSA) is 128 Å². The van der Waals surface area contributed by atoms with E-state index in [0.29, 0.717) is 29.9 Å². The number of hydrogen-bond donors (Lipinski definition) is 4. The molecule has 0 aliphatic heterocycles. The van der Waals surface area contributed by atoms with E-state index in [1.807, 2.05) is 91.1 Å². The van der Waals surface area contributed by atoms with Gasteiger partial charge in [0, 0.05) is 41.2 Å². The van der Waals surface area contributed by atoms with Crippen molar-refractivity contribution in [3.05, 3.63) is 120 Å². The molecular formula is C30H25N7O2. The van der Waals surface area contributed by atoms with E-state index in [9.17, 15) is 9.59 Å². The standard InChI is InChI=1S/C30H25N7O2/c38-29(22-13-12-20-7-1-2-8-21(20)16-22)33-27(17-23-18-31-26-11-4-3-10-25(23)26)30(39)32-24-9-5-6-19(14-24)15-28-34-36-37-35-28/h1-14,16,18,27,31H,15,17H2,(H,32,39)(H,33,38)(H,34,35,36,37). The van der Waals surface area contributed by atoms with Gasteiger partial charge in [-0.15, -0.1) is 10.2 Å². The van der Waals surface area contributed by atoms with E-state index >= 15 is 0 Å². The first-order valence-corrected chi connectivity index (χ1v) is 12.6. The minimum atomic E-state index is -0.816. The first-order valence-electron chi connectivity index (χ1n) is 12.6. The smallest absolute Gasteiger partial charge is 0.251 e. The van der Waals surface area contributed by atoms with Crippen LogP contribution in [0.5, 0.6) is 0 Å². The first kappa shape index (κ1) is 24.1. The molecule has 6 aromatic rings. The molecule has 2 heterocycles. The molecule has 2 amide bonds. The highest BCUT2D eigenvalue weighted by molar-refractivity contribution is 6.03. The Balaban J connectivity index is 1.26. The molecule has 1 atom stereocenters. The van der Waals surface area contributed by atoms with E-state index in [2.05, 4.69) is 36.2 Å². The zero-order valence-corrected chi connectivity index (χ0v) is 20.9. The third-order valence-electron chi connectivity index (χ3n) is 6.68. The number of hydrogen-bond acceptors (Lipinski definition) is 5. The van der Waals surface area contributed by atoms with Crippen LogP contribution in [0.15, 0.2) is 97.2 Å². The minimum absolute atomic E-state index is 0.313.